The van der Waals surface area contributed by atoms with E-state index < -0.39 is 28.8 Å². The van der Waals surface area contributed by atoms with Crippen molar-refractivity contribution in [3.8, 4) is 5.75 Å². The van der Waals surface area contributed by atoms with Gasteiger partial charge >= 0.3 is 0 Å². The first-order valence-corrected chi connectivity index (χ1v) is 10.4. The zero-order valence-corrected chi connectivity index (χ0v) is 17.7. The van der Waals surface area contributed by atoms with E-state index in [1.54, 1.807) is 13.2 Å². The van der Waals surface area contributed by atoms with Crippen molar-refractivity contribution in [1.29, 1.82) is 0 Å². The third-order valence-corrected chi connectivity index (χ3v) is 7.62. The number of hydrogen-bond donors (Lipinski definition) is 0. The molecule has 4 bridgehead atoms. The minimum absolute atomic E-state index is 0.00350. The molecule has 5 aliphatic rings. The average Bonchev–Trinajstić information content (AvgIpc) is 2.82. The van der Waals surface area contributed by atoms with Crippen LogP contribution >= 0.6 is 0 Å². The Kier molecular flexibility index (Phi) is 3.80. The van der Waals surface area contributed by atoms with Gasteiger partial charge in [-0.15, -0.1) is 0 Å². The first-order valence-electron chi connectivity index (χ1n) is 10.4. The fourth-order valence-electron chi connectivity index (χ4n) is 6.61. The molecule has 0 radical (unpaired) electrons. The Balaban J connectivity index is 1.81. The van der Waals surface area contributed by atoms with Gasteiger partial charge in [-0.05, 0) is 46.2 Å². The number of carbonyl (C=O) groups excluding carboxylic acids is 2. The third kappa shape index (κ3) is 2.08. The van der Waals surface area contributed by atoms with E-state index in [-0.39, 0.29) is 23.4 Å². The molecule has 1 saturated heterocycles. The normalized spacial score (nSPS) is 40.9. The van der Waals surface area contributed by atoms with E-state index in [0.29, 0.717) is 24.2 Å². The zero-order chi connectivity index (χ0) is 20.8. The molecule has 5 heteroatoms. The van der Waals surface area contributed by atoms with E-state index in [9.17, 15) is 9.59 Å². The van der Waals surface area contributed by atoms with Gasteiger partial charge in [0.2, 0.25) is 0 Å². The van der Waals surface area contributed by atoms with Crippen LogP contribution in [0.1, 0.15) is 50.9 Å². The summed E-state index contributed by atoms with van der Waals surface area (Å²) in [4.78, 5) is 27.7. The van der Waals surface area contributed by atoms with Crippen molar-refractivity contribution < 1.29 is 23.8 Å². The Morgan fingerprint density at radius 1 is 1.24 bits per heavy atom. The van der Waals surface area contributed by atoms with Crippen molar-refractivity contribution in [2.75, 3.05) is 7.11 Å². The number of para-hydroxylation sites is 1. The fraction of sp³-hybridized carbons (Fsp3) is 0.583. The van der Waals surface area contributed by atoms with Gasteiger partial charge in [-0.1, -0.05) is 23.8 Å². The molecular formula is C24H28O5. The molecule has 0 N–H and O–H groups in total. The lowest BCUT2D eigenvalue weighted by Crippen LogP contribution is -2.80. The summed E-state index contributed by atoms with van der Waals surface area (Å²) in [7, 11) is 1.59. The summed E-state index contributed by atoms with van der Waals surface area (Å²) < 4.78 is 19.2. The lowest BCUT2D eigenvalue weighted by molar-refractivity contribution is -0.223. The highest BCUT2D eigenvalue weighted by Gasteiger charge is 2.85. The molecule has 0 amide bonds. The summed E-state index contributed by atoms with van der Waals surface area (Å²) in [6.45, 7) is 8.07. The van der Waals surface area contributed by atoms with Gasteiger partial charge in [0.05, 0.1) is 23.2 Å². The number of benzene rings is 1. The van der Waals surface area contributed by atoms with Crippen LogP contribution in [0.25, 0.3) is 0 Å². The van der Waals surface area contributed by atoms with Crippen LogP contribution in [0, 0.1) is 17.8 Å². The lowest BCUT2D eigenvalue weighted by atomic mass is 9.45. The van der Waals surface area contributed by atoms with Crippen LogP contribution in [0.3, 0.4) is 0 Å². The number of hydrogen-bond acceptors (Lipinski definition) is 5. The van der Waals surface area contributed by atoms with Gasteiger partial charge in [0, 0.05) is 25.4 Å². The maximum atomic E-state index is 13.9. The van der Waals surface area contributed by atoms with E-state index in [2.05, 4.69) is 0 Å². The Hall–Kier alpha value is -1.98. The summed E-state index contributed by atoms with van der Waals surface area (Å²) in [5, 5.41) is 0. The van der Waals surface area contributed by atoms with Crippen LogP contribution in [0.2, 0.25) is 0 Å². The molecule has 3 aliphatic carbocycles. The molecule has 0 aromatic heterocycles. The number of fused-ring (bicyclic) bond motifs is 1. The maximum absolute atomic E-state index is 13.9. The number of ether oxygens (including phenoxy) is 3. The monoisotopic (exact) mass is 396 g/mol. The van der Waals surface area contributed by atoms with Gasteiger partial charge in [-0.2, -0.15) is 0 Å². The van der Waals surface area contributed by atoms with Crippen LogP contribution in [-0.2, 0) is 14.3 Å². The minimum atomic E-state index is -1.18. The zero-order valence-electron chi connectivity index (χ0n) is 17.7. The predicted octanol–water partition coefficient (Wildman–Crippen LogP) is 3.75. The molecule has 5 nitrogen and oxygen atoms in total. The van der Waals surface area contributed by atoms with Crippen molar-refractivity contribution in [1.82, 2.24) is 0 Å². The highest BCUT2D eigenvalue weighted by molar-refractivity contribution is 6.07. The lowest BCUT2D eigenvalue weighted by Gasteiger charge is -2.62. The number of methoxy groups -OCH3 is 1. The summed E-state index contributed by atoms with van der Waals surface area (Å²) in [6, 6.07) is 7.34. The van der Waals surface area contributed by atoms with Crippen LogP contribution in [0.4, 0.5) is 0 Å². The fourth-order valence-corrected chi connectivity index (χ4v) is 6.61. The van der Waals surface area contributed by atoms with Crippen LogP contribution in [0.5, 0.6) is 5.75 Å². The predicted molar refractivity (Wildman–Crippen MR) is 107 cm³/mol. The van der Waals surface area contributed by atoms with Crippen molar-refractivity contribution in [3.05, 3.63) is 41.5 Å². The summed E-state index contributed by atoms with van der Waals surface area (Å²) in [5.74, 6) is -0.421. The molecule has 2 heterocycles. The molecule has 6 atom stereocenters. The number of Topliss-reactive ketones (excluding diaryl/α,β-unsaturated/α-hetero) is 2. The van der Waals surface area contributed by atoms with Gasteiger partial charge in [0.1, 0.15) is 5.75 Å². The van der Waals surface area contributed by atoms with Gasteiger partial charge < -0.3 is 14.2 Å². The third-order valence-electron chi connectivity index (χ3n) is 7.62. The van der Waals surface area contributed by atoms with Crippen molar-refractivity contribution >= 4 is 11.6 Å². The summed E-state index contributed by atoms with van der Waals surface area (Å²) in [6.07, 6.45) is 2.58. The Morgan fingerprint density at radius 3 is 2.66 bits per heavy atom. The molecule has 1 aromatic rings. The van der Waals surface area contributed by atoms with E-state index >= 15 is 0 Å². The van der Waals surface area contributed by atoms with Gasteiger partial charge in [0.25, 0.3) is 0 Å². The summed E-state index contributed by atoms with van der Waals surface area (Å²) >= 11 is 0. The molecule has 3 saturated carbocycles. The average molecular weight is 396 g/mol. The quantitative estimate of drug-likeness (QED) is 0.728. The van der Waals surface area contributed by atoms with Crippen molar-refractivity contribution in [3.63, 3.8) is 0 Å². The first-order chi connectivity index (χ1) is 13.7. The van der Waals surface area contributed by atoms with Gasteiger partial charge in [-0.3, -0.25) is 9.59 Å². The molecule has 154 valence electrons. The Morgan fingerprint density at radius 2 is 1.97 bits per heavy atom. The van der Waals surface area contributed by atoms with E-state index in [0.717, 1.165) is 5.57 Å². The summed E-state index contributed by atoms with van der Waals surface area (Å²) in [5.41, 5.74) is -1.13. The van der Waals surface area contributed by atoms with Crippen LogP contribution in [0.15, 0.2) is 35.9 Å². The first kappa shape index (κ1) is 19.0. The number of carbonyl (C=O) groups is 2. The van der Waals surface area contributed by atoms with Crippen LogP contribution < -0.4 is 4.74 Å². The van der Waals surface area contributed by atoms with E-state index in [4.69, 9.17) is 14.2 Å². The van der Waals surface area contributed by atoms with E-state index in [1.807, 2.05) is 52.0 Å². The molecule has 29 heavy (non-hydrogen) atoms. The number of rotatable bonds is 3. The van der Waals surface area contributed by atoms with E-state index in [1.165, 1.54) is 0 Å². The van der Waals surface area contributed by atoms with Gasteiger partial charge in [-0.25, -0.2) is 0 Å². The molecule has 4 fully saturated rings. The van der Waals surface area contributed by atoms with Gasteiger partial charge in [0.15, 0.2) is 22.8 Å². The molecule has 0 unspecified atom stereocenters. The second-order valence-electron chi connectivity index (χ2n) is 9.71. The molecule has 1 spiro atoms. The number of allylic oxidation sites excluding steroid dienone is 1. The number of ketones is 2. The molecule has 2 aliphatic heterocycles. The maximum Gasteiger partial charge on any atom is 0.176 e. The van der Waals surface area contributed by atoms with Crippen LogP contribution in [-0.4, -0.2) is 41.6 Å². The van der Waals surface area contributed by atoms with Crippen molar-refractivity contribution in [2.45, 2.75) is 63.4 Å². The minimum Gasteiger partial charge on any atom is -0.482 e. The standard InChI is InChI=1S/C24H28O5/c1-13(2)10-11-23-21(26)15-12-17(22(3,4)29-23)24(23)18(20(15)27-5)19(25)14-8-6-7-9-16(14)28-24/h6-10,15,17-18,20H,11-12H2,1-5H3/t15-,17-,18+,20-,23-,24-/m1/s1. The topological polar surface area (TPSA) is 61.8 Å². The molecule has 1 aromatic carbocycles. The van der Waals surface area contributed by atoms with Crippen molar-refractivity contribution in [2.24, 2.45) is 17.8 Å². The largest absolute Gasteiger partial charge is 0.482 e. The SMILES string of the molecule is CO[C@@H]1[C@H]2C[C@@H]3C(C)(C)O[C@](CC=C(C)C)(C2=O)[C@@]32Oc3ccccc3C(=O)[C@@H]12. The second-order valence-corrected chi connectivity index (χ2v) is 9.71. The molecule has 6 rings (SSSR count). The Labute approximate surface area is 171 Å². The highest BCUT2D eigenvalue weighted by Crippen LogP contribution is 2.69. The smallest absolute Gasteiger partial charge is 0.176 e. The Bertz CT molecular complexity index is 942. The highest BCUT2D eigenvalue weighted by atomic mass is 16.6. The molecular weight excluding hydrogens is 368 g/mol. The second kappa shape index (κ2) is 5.79.